The van der Waals surface area contributed by atoms with E-state index in [4.69, 9.17) is 5.73 Å². The van der Waals surface area contributed by atoms with Crippen LogP contribution in [0.4, 0.5) is 10.5 Å². The number of amides is 2. The number of aryl methyl sites for hydroxylation is 2. The highest BCUT2D eigenvalue weighted by molar-refractivity contribution is 5.95. The van der Waals surface area contributed by atoms with Crippen LogP contribution in [0.15, 0.2) is 18.2 Å². The fourth-order valence-electron chi connectivity index (χ4n) is 2.05. The minimum Gasteiger partial charge on any atom is -0.332 e. The second-order valence-corrected chi connectivity index (χ2v) is 4.28. The van der Waals surface area contributed by atoms with E-state index in [2.05, 4.69) is 11.4 Å². The van der Waals surface area contributed by atoms with Gasteiger partial charge < -0.3 is 11.1 Å². The van der Waals surface area contributed by atoms with Gasteiger partial charge in [0.25, 0.3) is 0 Å². The van der Waals surface area contributed by atoms with Crippen LogP contribution < -0.4 is 16.0 Å². The summed E-state index contributed by atoms with van der Waals surface area (Å²) < 4.78 is 0. The Balaban J connectivity index is 2.28. The average molecular weight is 219 g/mol. The Morgan fingerprint density at radius 2 is 2.25 bits per heavy atom. The first kappa shape index (κ1) is 11.0. The first-order chi connectivity index (χ1) is 7.61. The lowest BCUT2D eigenvalue weighted by molar-refractivity contribution is 0.251. The minimum absolute atomic E-state index is 0.0533. The van der Waals surface area contributed by atoms with Crippen molar-refractivity contribution in [3.8, 4) is 0 Å². The van der Waals surface area contributed by atoms with Crippen molar-refractivity contribution in [3.05, 3.63) is 29.3 Å². The second-order valence-electron chi connectivity index (χ2n) is 4.28. The van der Waals surface area contributed by atoms with Crippen molar-refractivity contribution in [2.24, 2.45) is 5.73 Å². The monoisotopic (exact) mass is 219 g/mol. The van der Waals surface area contributed by atoms with Crippen LogP contribution in [0.25, 0.3) is 0 Å². The normalized spacial score (nSPS) is 20.1. The highest BCUT2D eigenvalue weighted by Gasteiger charge is 2.29. The maximum absolute atomic E-state index is 11.7. The van der Waals surface area contributed by atoms with Gasteiger partial charge in [0.05, 0.1) is 6.04 Å². The summed E-state index contributed by atoms with van der Waals surface area (Å²) >= 11 is 0. The van der Waals surface area contributed by atoms with Crippen LogP contribution in [0, 0.1) is 13.8 Å². The Kier molecular flexibility index (Phi) is 2.83. The number of benzene rings is 1. The quantitative estimate of drug-likeness (QED) is 0.784. The van der Waals surface area contributed by atoms with E-state index >= 15 is 0 Å². The molecule has 1 aliphatic rings. The maximum atomic E-state index is 11.7. The van der Waals surface area contributed by atoms with E-state index in [1.54, 1.807) is 4.90 Å². The minimum atomic E-state index is -0.0533. The fourth-order valence-corrected chi connectivity index (χ4v) is 2.05. The van der Waals surface area contributed by atoms with Crippen molar-refractivity contribution in [2.45, 2.75) is 19.9 Å². The number of urea groups is 1. The van der Waals surface area contributed by atoms with E-state index in [-0.39, 0.29) is 12.1 Å². The van der Waals surface area contributed by atoms with E-state index in [9.17, 15) is 4.79 Å². The van der Waals surface area contributed by atoms with E-state index in [1.807, 2.05) is 26.0 Å². The molecule has 1 unspecified atom stereocenters. The standard InChI is InChI=1S/C12H17N3O/c1-8-3-4-11(9(2)5-8)15-7-10(6-13)14-12(15)16/h3-5,10H,6-7,13H2,1-2H3,(H,14,16). The van der Waals surface area contributed by atoms with Crippen molar-refractivity contribution in [1.82, 2.24) is 5.32 Å². The lowest BCUT2D eigenvalue weighted by Crippen LogP contribution is -2.33. The lowest BCUT2D eigenvalue weighted by atomic mass is 10.1. The van der Waals surface area contributed by atoms with Crippen LogP contribution in [0.2, 0.25) is 0 Å². The molecule has 1 fully saturated rings. The Labute approximate surface area is 95.4 Å². The van der Waals surface area contributed by atoms with Crippen LogP contribution >= 0.6 is 0 Å². The SMILES string of the molecule is Cc1ccc(N2CC(CN)NC2=O)c(C)c1. The van der Waals surface area contributed by atoms with Gasteiger partial charge in [0.1, 0.15) is 0 Å². The van der Waals surface area contributed by atoms with Gasteiger partial charge in [-0.15, -0.1) is 0 Å². The number of nitrogens with zero attached hydrogens (tertiary/aromatic N) is 1. The van der Waals surface area contributed by atoms with Gasteiger partial charge >= 0.3 is 6.03 Å². The van der Waals surface area contributed by atoms with Gasteiger partial charge in [-0.05, 0) is 25.5 Å². The van der Waals surface area contributed by atoms with Crippen LogP contribution in [0.1, 0.15) is 11.1 Å². The lowest BCUT2D eigenvalue weighted by Gasteiger charge is -2.17. The van der Waals surface area contributed by atoms with Crippen LogP contribution in [0.5, 0.6) is 0 Å². The third-order valence-corrected chi connectivity index (χ3v) is 2.90. The smallest absolute Gasteiger partial charge is 0.322 e. The number of anilines is 1. The van der Waals surface area contributed by atoms with E-state index in [0.717, 1.165) is 11.3 Å². The molecule has 0 aromatic heterocycles. The fraction of sp³-hybridized carbons (Fsp3) is 0.417. The Morgan fingerprint density at radius 3 is 2.81 bits per heavy atom. The zero-order valence-electron chi connectivity index (χ0n) is 9.66. The van der Waals surface area contributed by atoms with E-state index < -0.39 is 0 Å². The number of nitrogens with one attached hydrogen (secondary N) is 1. The first-order valence-electron chi connectivity index (χ1n) is 5.47. The first-order valence-corrected chi connectivity index (χ1v) is 5.47. The molecule has 86 valence electrons. The van der Waals surface area contributed by atoms with Gasteiger partial charge in [0.15, 0.2) is 0 Å². The number of hydrogen-bond acceptors (Lipinski definition) is 2. The molecule has 2 rings (SSSR count). The van der Waals surface area contributed by atoms with E-state index in [0.29, 0.717) is 13.1 Å². The van der Waals surface area contributed by atoms with E-state index in [1.165, 1.54) is 5.56 Å². The molecule has 1 heterocycles. The molecule has 1 atom stereocenters. The van der Waals surface area contributed by atoms with Crippen molar-refractivity contribution < 1.29 is 4.79 Å². The predicted molar refractivity (Wildman–Crippen MR) is 64.6 cm³/mol. The molecule has 0 bridgehead atoms. The molecule has 2 amide bonds. The molecule has 16 heavy (non-hydrogen) atoms. The summed E-state index contributed by atoms with van der Waals surface area (Å²) in [5.74, 6) is 0. The molecule has 1 saturated heterocycles. The molecule has 4 nitrogen and oxygen atoms in total. The summed E-state index contributed by atoms with van der Waals surface area (Å²) in [4.78, 5) is 13.5. The highest BCUT2D eigenvalue weighted by atomic mass is 16.2. The number of hydrogen-bond donors (Lipinski definition) is 2. The van der Waals surface area contributed by atoms with Gasteiger partial charge in [0.2, 0.25) is 0 Å². The molecule has 0 saturated carbocycles. The highest BCUT2D eigenvalue weighted by Crippen LogP contribution is 2.23. The summed E-state index contributed by atoms with van der Waals surface area (Å²) in [6.07, 6.45) is 0. The second kappa shape index (κ2) is 4.14. The molecule has 1 aromatic rings. The van der Waals surface area contributed by atoms with Gasteiger partial charge in [-0.1, -0.05) is 17.7 Å². The molecule has 0 radical (unpaired) electrons. The van der Waals surface area contributed by atoms with Crippen LogP contribution in [0.3, 0.4) is 0 Å². The Bertz CT molecular complexity index is 417. The Hall–Kier alpha value is -1.55. The van der Waals surface area contributed by atoms with Gasteiger partial charge in [0, 0.05) is 18.8 Å². The third kappa shape index (κ3) is 1.88. The van der Waals surface area contributed by atoms with Crippen molar-refractivity contribution >= 4 is 11.7 Å². The third-order valence-electron chi connectivity index (χ3n) is 2.90. The van der Waals surface area contributed by atoms with Gasteiger partial charge in [-0.25, -0.2) is 4.79 Å². The molecular weight excluding hydrogens is 202 g/mol. The molecule has 1 aliphatic heterocycles. The number of carbonyl (C=O) groups excluding carboxylic acids is 1. The molecule has 0 spiro atoms. The maximum Gasteiger partial charge on any atom is 0.322 e. The molecule has 1 aromatic carbocycles. The summed E-state index contributed by atoms with van der Waals surface area (Å²) in [5.41, 5.74) is 8.85. The predicted octanol–water partition coefficient (Wildman–Crippen LogP) is 1.16. The van der Waals surface area contributed by atoms with Crippen molar-refractivity contribution in [2.75, 3.05) is 18.0 Å². The molecule has 0 aliphatic carbocycles. The van der Waals surface area contributed by atoms with Crippen molar-refractivity contribution in [1.29, 1.82) is 0 Å². The molecule has 3 N–H and O–H groups in total. The number of nitrogens with two attached hydrogens (primary N) is 1. The summed E-state index contributed by atoms with van der Waals surface area (Å²) in [6, 6.07) is 6.10. The number of carbonyl (C=O) groups is 1. The topological polar surface area (TPSA) is 58.4 Å². The summed E-state index contributed by atoms with van der Waals surface area (Å²) in [6.45, 7) is 5.20. The van der Waals surface area contributed by atoms with Crippen molar-refractivity contribution in [3.63, 3.8) is 0 Å². The molecule has 4 heteroatoms. The van der Waals surface area contributed by atoms with Crippen LogP contribution in [-0.4, -0.2) is 25.2 Å². The Morgan fingerprint density at radius 1 is 1.50 bits per heavy atom. The zero-order chi connectivity index (χ0) is 11.7. The molecular formula is C12H17N3O. The zero-order valence-corrected chi connectivity index (χ0v) is 9.66. The largest absolute Gasteiger partial charge is 0.332 e. The number of rotatable bonds is 2. The summed E-state index contributed by atoms with van der Waals surface area (Å²) in [5, 5.41) is 2.86. The van der Waals surface area contributed by atoms with Gasteiger partial charge in [-0.3, -0.25) is 4.90 Å². The van der Waals surface area contributed by atoms with Gasteiger partial charge in [-0.2, -0.15) is 0 Å². The van der Waals surface area contributed by atoms with Crippen LogP contribution in [-0.2, 0) is 0 Å². The summed E-state index contributed by atoms with van der Waals surface area (Å²) in [7, 11) is 0. The average Bonchev–Trinajstić information content (AvgIpc) is 2.60.